The molecule has 0 heterocycles. The molecule has 7 nitrogen and oxygen atoms in total. The Labute approximate surface area is 135 Å². The van der Waals surface area contributed by atoms with Crippen LogP contribution in [0.3, 0.4) is 0 Å². The number of nitrogens with one attached hydrogen (secondary N) is 1. The lowest BCUT2D eigenvalue weighted by Gasteiger charge is -2.22. The summed E-state index contributed by atoms with van der Waals surface area (Å²) in [6.07, 6.45) is -0.714. The number of methoxy groups -OCH3 is 1. The van der Waals surface area contributed by atoms with Crippen LogP contribution in [0, 0.1) is 0 Å². The minimum Gasteiger partial charge on any atom is -0.491 e. The molecule has 0 saturated carbocycles. The second-order valence-electron chi connectivity index (χ2n) is 5.74. The van der Waals surface area contributed by atoms with Crippen LogP contribution in [-0.4, -0.2) is 43.1 Å². The molecule has 0 radical (unpaired) electrons. The molecule has 0 aromatic heterocycles. The maximum absolute atomic E-state index is 11.9. The zero-order valence-corrected chi connectivity index (χ0v) is 13.8. The number of rotatable bonds is 6. The highest BCUT2D eigenvalue weighted by Gasteiger charge is 2.26. The zero-order valence-electron chi connectivity index (χ0n) is 13.8. The van der Waals surface area contributed by atoms with Gasteiger partial charge < -0.3 is 24.6 Å². The molecule has 1 aromatic rings. The predicted molar refractivity (Wildman–Crippen MR) is 83.1 cm³/mol. The number of aliphatic hydroxyl groups is 1. The topological polar surface area (TPSA) is 94.1 Å². The van der Waals surface area contributed by atoms with E-state index in [1.165, 1.54) is 7.11 Å². The first-order chi connectivity index (χ1) is 10.8. The van der Waals surface area contributed by atoms with Crippen molar-refractivity contribution in [2.45, 2.75) is 32.4 Å². The first-order valence-electron chi connectivity index (χ1n) is 7.18. The first-order valence-corrected chi connectivity index (χ1v) is 7.18. The summed E-state index contributed by atoms with van der Waals surface area (Å²) in [6.45, 7) is 5.27. The van der Waals surface area contributed by atoms with Crippen LogP contribution in [0.2, 0.25) is 0 Å². The molecule has 128 valence electrons. The van der Waals surface area contributed by atoms with Gasteiger partial charge in [-0.3, -0.25) is 0 Å². The Bertz CT molecular complexity index is 520. The van der Waals surface area contributed by atoms with Crippen LogP contribution in [0.1, 0.15) is 32.4 Å². The van der Waals surface area contributed by atoms with Gasteiger partial charge in [-0.05, 0) is 38.5 Å². The van der Waals surface area contributed by atoms with Gasteiger partial charge in [-0.1, -0.05) is 12.1 Å². The van der Waals surface area contributed by atoms with Crippen LogP contribution >= 0.6 is 0 Å². The highest BCUT2D eigenvalue weighted by molar-refractivity contribution is 5.82. The molecule has 0 saturated heterocycles. The van der Waals surface area contributed by atoms with Gasteiger partial charge in [-0.15, -0.1) is 0 Å². The van der Waals surface area contributed by atoms with Gasteiger partial charge in [0.1, 0.15) is 18.0 Å². The minimum atomic E-state index is -0.984. The fourth-order valence-electron chi connectivity index (χ4n) is 1.74. The van der Waals surface area contributed by atoms with Crippen molar-refractivity contribution in [3.63, 3.8) is 0 Å². The van der Waals surface area contributed by atoms with Crippen molar-refractivity contribution in [3.8, 4) is 5.75 Å². The second-order valence-corrected chi connectivity index (χ2v) is 5.74. The molecule has 1 unspecified atom stereocenters. The maximum Gasteiger partial charge on any atom is 0.408 e. The number of aliphatic hydroxyl groups excluding tert-OH is 1. The quantitative estimate of drug-likeness (QED) is 0.775. The fraction of sp³-hybridized carbons (Fsp3) is 0.500. The predicted octanol–water partition coefficient (Wildman–Crippen LogP) is 1.80. The smallest absolute Gasteiger partial charge is 0.408 e. The van der Waals surface area contributed by atoms with Gasteiger partial charge in [0.2, 0.25) is 0 Å². The highest BCUT2D eigenvalue weighted by Crippen LogP contribution is 2.20. The lowest BCUT2D eigenvalue weighted by molar-refractivity contribution is -0.143. The fourth-order valence-corrected chi connectivity index (χ4v) is 1.74. The molecular weight excluding hydrogens is 302 g/mol. The van der Waals surface area contributed by atoms with Crippen LogP contribution in [0.4, 0.5) is 4.79 Å². The van der Waals surface area contributed by atoms with Crippen molar-refractivity contribution >= 4 is 12.1 Å². The number of alkyl carbamates (subject to hydrolysis) is 1. The summed E-state index contributed by atoms with van der Waals surface area (Å²) in [4.78, 5) is 23.8. The molecule has 1 aromatic carbocycles. The van der Waals surface area contributed by atoms with Crippen LogP contribution in [0.5, 0.6) is 5.75 Å². The Balaban J connectivity index is 2.85. The van der Waals surface area contributed by atoms with Crippen molar-refractivity contribution in [1.82, 2.24) is 5.32 Å². The highest BCUT2D eigenvalue weighted by atomic mass is 16.6. The van der Waals surface area contributed by atoms with E-state index in [2.05, 4.69) is 5.32 Å². The zero-order chi connectivity index (χ0) is 17.5. The average molecular weight is 325 g/mol. The van der Waals surface area contributed by atoms with E-state index in [0.29, 0.717) is 11.3 Å². The summed E-state index contributed by atoms with van der Waals surface area (Å²) in [5, 5.41) is 11.2. The van der Waals surface area contributed by atoms with Gasteiger partial charge in [0.25, 0.3) is 0 Å². The Morgan fingerprint density at radius 1 is 1.22 bits per heavy atom. The molecule has 2 N–H and O–H groups in total. The molecule has 23 heavy (non-hydrogen) atoms. The molecule has 0 aliphatic heterocycles. The van der Waals surface area contributed by atoms with Gasteiger partial charge in [-0.25, -0.2) is 9.59 Å². The third kappa shape index (κ3) is 6.56. The van der Waals surface area contributed by atoms with Gasteiger partial charge in [0.05, 0.1) is 13.7 Å². The lowest BCUT2D eigenvalue weighted by atomic mass is 10.1. The van der Waals surface area contributed by atoms with E-state index in [9.17, 15) is 9.59 Å². The SMILES string of the molecule is COC(=O)C(NC(=O)OC(C)(C)C)c1ccc(OCCO)cc1. The molecule has 0 aliphatic rings. The van der Waals surface area contributed by atoms with E-state index in [1.54, 1.807) is 45.0 Å². The van der Waals surface area contributed by atoms with Crippen LogP contribution in [0.25, 0.3) is 0 Å². The van der Waals surface area contributed by atoms with Crippen molar-refractivity contribution in [2.24, 2.45) is 0 Å². The molecule has 1 atom stereocenters. The Morgan fingerprint density at radius 3 is 2.30 bits per heavy atom. The molecular formula is C16H23NO6. The summed E-state index contributed by atoms with van der Waals surface area (Å²) in [7, 11) is 1.24. The molecule has 1 rings (SSSR count). The summed E-state index contributed by atoms with van der Waals surface area (Å²) in [5.41, 5.74) is -0.147. The normalized spacial score (nSPS) is 12.2. The Morgan fingerprint density at radius 2 is 1.83 bits per heavy atom. The van der Waals surface area contributed by atoms with Gasteiger partial charge in [0, 0.05) is 0 Å². The number of benzene rings is 1. The van der Waals surface area contributed by atoms with Gasteiger partial charge in [0.15, 0.2) is 6.04 Å². The van der Waals surface area contributed by atoms with Crippen LogP contribution in [-0.2, 0) is 14.3 Å². The van der Waals surface area contributed by atoms with E-state index >= 15 is 0 Å². The third-order valence-electron chi connectivity index (χ3n) is 2.67. The molecule has 0 bridgehead atoms. The van der Waals surface area contributed by atoms with E-state index in [4.69, 9.17) is 19.3 Å². The number of amides is 1. The van der Waals surface area contributed by atoms with E-state index in [1.807, 2.05) is 0 Å². The standard InChI is InChI=1S/C16H23NO6/c1-16(2,3)23-15(20)17-13(14(19)21-4)11-5-7-12(8-6-11)22-10-9-18/h5-8,13,18H,9-10H2,1-4H3,(H,17,20). The molecule has 1 amide bonds. The summed E-state index contributed by atoms with van der Waals surface area (Å²) >= 11 is 0. The number of carbonyl (C=O) groups excluding carboxylic acids is 2. The maximum atomic E-state index is 11.9. The number of esters is 1. The minimum absolute atomic E-state index is 0.0905. The summed E-state index contributed by atoms with van der Waals surface area (Å²) < 4.78 is 15.1. The summed E-state index contributed by atoms with van der Waals surface area (Å²) in [5.74, 6) is -0.0661. The molecule has 7 heteroatoms. The van der Waals surface area contributed by atoms with Gasteiger partial charge in [-0.2, -0.15) is 0 Å². The molecule has 0 spiro atoms. The van der Waals surface area contributed by atoms with E-state index < -0.39 is 23.7 Å². The van der Waals surface area contributed by atoms with Crippen LogP contribution in [0.15, 0.2) is 24.3 Å². The number of ether oxygens (including phenoxy) is 3. The van der Waals surface area contributed by atoms with Crippen LogP contribution < -0.4 is 10.1 Å². The Kier molecular flexibility index (Phi) is 6.84. The molecule has 0 fully saturated rings. The van der Waals surface area contributed by atoms with E-state index in [-0.39, 0.29) is 13.2 Å². The largest absolute Gasteiger partial charge is 0.491 e. The number of hydrogen-bond donors (Lipinski definition) is 2. The first kappa shape index (κ1) is 18.8. The lowest BCUT2D eigenvalue weighted by Crippen LogP contribution is -2.38. The van der Waals surface area contributed by atoms with Crippen molar-refractivity contribution in [3.05, 3.63) is 29.8 Å². The van der Waals surface area contributed by atoms with Crippen molar-refractivity contribution < 1.29 is 28.9 Å². The summed E-state index contributed by atoms with van der Waals surface area (Å²) in [6, 6.07) is 5.55. The second kappa shape index (κ2) is 8.38. The Hall–Kier alpha value is -2.28. The van der Waals surface area contributed by atoms with E-state index in [0.717, 1.165) is 0 Å². The molecule has 0 aliphatic carbocycles. The number of hydrogen-bond acceptors (Lipinski definition) is 6. The van der Waals surface area contributed by atoms with Gasteiger partial charge >= 0.3 is 12.1 Å². The monoisotopic (exact) mass is 325 g/mol. The third-order valence-corrected chi connectivity index (χ3v) is 2.67. The average Bonchev–Trinajstić information content (AvgIpc) is 2.48. The van der Waals surface area contributed by atoms with Crippen molar-refractivity contribution in [2.75, 3.05) is 20.3 Å². The number of carbonyl (C=O) groups is 2. The van der Waals surface area contributed by atoms with Crippen molar-refractivity contribution in [1.29, 1.82) is 0 Å².